The molecule has 0 radical (unpaired) electrons. The van der Waals surface area contributed by atoms with Gasteiger partial charge >= 0.3 is 0 Å². The molecule has 0 aliphatic heterocycles. The van der Waals surface area contributed by atoms with Crippen LogP contribution in [0.5, 0.6) is 0 Å². The number of hydrogen-bond donors (Lipinski definition) is 1. The van der Waals surface area contributed by atoms with Crippen molar-refractivity contribution in [1.82, 2.24) is 15.2 Å². The average Bonchev–Trinajstić information content (AvgIpc) is 3.31. The summed E-state index contributed by atoms with van der Waals surface area (Å²) in [4.78, 5) is 4.77. The lowest BCUT2D eigenvalue weighted by molar-refractivity contribution is 1.04. The molecule has 0 atom stereocenters. The summed E-state index contributed by atoms with van der Waals surface area (Å²) in [6.45, 7) is 2.07. The first-order chi connectivity index (χ1) is 15.6. The molecule has 6 heteroatoms. The van der Waals surface area contributed by atoms with Crippen molar-refractivity contribution >= 4 is 34.4 Å². The molecule has 3 aromatic carbocycles. The Labute approximate surface area is 195 Å². The predicted octanol–water partition coefficient (Wildman–Crippen LogP) is 7.64. The molecular formula is C26H19ClN4S. The van der Waals surface area contributed by atoms with Crippen molar-refractivity contribution in [3.8, 4) is 33.1 Å². The van der Waals surface area contributed by atoms with Crippen molar-refractivity contribution in [2.75, 3.05) is 5.32 Å². The van der Waals surface area contributed by atoms with Crippen LogP contribution in [0, 0.1) is 6.92 Å². The zero-order chi connectivity index (χ0) is 21.9. The van der Waals surface area contributed by atoms with E-state index >= 15 is 0 Å². The van der Waals surface area contributed by atoms with Crippen molar-refractivity contribution in [1.29, 1.82) is 0 Å². The first-order valence-electron chi connectivity index (χ1n) is 10.1. The van der Waals surface area contributed by atoms with Crippen LogP contribution in [-0.4, -0.2) is 15.2 Å². The highest BCUT2D eigenvalue weighted by molar-refractivity contribution is 7.13. The largest absolute Gasteiger partial charge is 0.339 e. The van der Waals surface area contributed by atoms with Crippen LogP contribution < -0.4 is 5.32 Å². The van der Waals surface area contributed by atoms with Gasteiger partial charge in [0, 0.05) is 32.8 Å². The molecule has 5 aromatic rings. The van der Waals surface area contributed by atoms with E-state index < -0.39 is 0 Å². The molecule has 0 saturated carbocycles. The standard InChI is InChI=1S/C26H19ClN4S/c1-17-2-4-18(5-3-17)23-14-15-25(31-30-23)28-22-12-8-19(9-13-22)24-16-32-26(29-24)20-6-10-21(27)11-7-20/h2-16H,1H3,(H,28,31). The Kier molecular flexibility index (Phi) is 5.67. The third-order valence-electron chi connectivity index (χ3n) is 5.06. The molecule has 0 fully saturated rings. The number of nitrogens with one attached hydrogen (secondary N) is 1. The summed E-state index contributed by atoms with van der Waals surface area (Å²) in [5.41, 5.74) is 7.16. The normalized spacial score (nSPS) is 10.8. The van der Waals surface area contributed by atoms with Crippen LogP contribution in [0.25, 0.3) is 33.1 Å². The van der Waals surface area contributed by atoms with Crippen LogP contribution in [0.15, 0.2) is 90.3 Å². The third kappa shape index (κ3) is 4.54. The van der Waals surface area contributed by atoms with Crippen LogP contribution in [0.3, 0.4) is 0 Å². The van der Waals surface area contributed by atoms with E-state index in [1.165, 1.54) is 5.56 Å². The Morgan fingerprint density at radius 3 is 2.03 bits per heavy atom. The van der Waals surface area contributed by atoms with E-state index in [1.807, 2.05) is 48.5 Å². The summed E-state index contributed by atoms with van der Waals surface area (Å²) in [5, 5.41) is 15.7. The zero-order valence-electron chi connectivity index (χ0n) is 17.3. The Bertz CT molecular complexity index is 1330. The van der Waals surface area contributed by atoms with E-state index in [9.17, 15) is 0 Å². The van der Waals surface area contributed by atoms with Crippen molar-refractivity contribution in [2.24, 2.45) is 0 Å². The molecule has 156 valence electrons. The number of thiazole rings is 1. The lowest BCUT2D eigenvalue weighted by Gasteiger charge is -2.07. The number of rotatable bonds is 5. The van der Waals surface area contributed by atoms with Gasteiger partial charge in [-0.1, -0.05) is 65.7 Å². The van der Waals surface area contributed by atoms with E-state index in [-0.39, 0.29) is 0 Å². The van der Waals surface area contributed by atoms with Gasteiger partial charge in [-0.2, -0.15) is 0 Å². The van der Waals surface area contributed by atoms with Crippen molar-refractivity contribution in [2.45, 2.75) is 6.92 Å². The van der Waals surface area contributed by atoms with Gasteiger partial charge in [-0.05, 0) is 43.3 Å². The van der Waals surface area contributed by atoms with E-state index in [1.54, 1.807) is 11.3 Å². The first kappa shape index (κ1) is 20.4. The van der Waals surface area contributed by atoms with Gasteiger partial charge < -0.3 is 5.32 Å². The van der Waals surface area contributed by atoms with E-state index in [4.69, 9.17) is 16.6 Å². The quantitative estimate of drug-likeness (QED) is 0.296. The Morgan fingerprint density at radius 1 is 0.688 bits per heavy atom. The van der Waals surface area contributed by atoms with Gasteiger partial charge in [0.15, 0.2) is 5.82 Å². The van der Waals surface area contributed by atoms with Gasteiger partial charge in [-0.15, -0.1) is 21.5 Å². The van der Waals surface area contributed by atoms with Gasteiger partial charge in [0.25, 0.3) is 0 Å². The third-order valence-corrected chi connectivity index (χ3v) is 6.20. The molecule has 0 unspecified atom stereocenters. The maximum Gasteiger partial charge on any atom is 0.153 e. The van der Waals surface area contributed by atoms with Crippen LogP contribution in [0.2, 0.25) is 5.02 Å². The highest BCUT2D eigenvalue weighted by Crippen LogP contribution is 2.30. The maximum atomic E-state index is 5.98. The smallest absolute Gasteiger partial charge is 0.153 e. The van der Waals surface area contributed by atoms with Gasteiger partial charge in [-0.3, -0.25) is 0 Å². The van der Waals surface area contributed by atoms with Gasteiger partial charge in [0.1, 0.15) is 5.01 Å². The van der Waals surface area contributed by atoms with Crippen molar-refractivity contribution < 1.29 is 0 Å². The summed E-state index contributed by atoms with van der Waals surface area (Å²) in [6, 6.07) is 28.1. The second kappa shape index (κ2) is 8.91. The Hall–Kier alpha value is -3.54. The molecule has 0 aliphatic carbocycles. The fraction of sp³-hybridized carbons (Fsp3) is 0.0385. The molecule has 5 rings (SSSR count). The summed E-state index contributed by atoms with van der Waals surface area (Å²) in [6.07, 6.45) is 0. The SMILES string of the molecule is Cc1ccc(-c2ccc(Nc3ccc(-c4csc(-c5ccc(Cl)cc5)n4)cc3)nn2)cc1. The molecule has 32 heavy (non-hydrogen) atoms. The molecule has 0 saturated heterocycles. The number of anilines is 2. The van der Waals surface area contributed by atoms with Crippen LogP contribution >= 0.6 is 22.9 Å². The minimum absolute atomic E-state index is 0.701. The highest BCUT2D eigenvalue weighted by atomic mass is 35.5. The Morgan fingerprint density at radius 2 is 1.34 bits per heavy atom. The van der Waals surface area contributed by atoms with Crippen LogP contribution in [0.1, 0.15) is 5.56 Å². The van der Waals surface area contributed by atoms with E-state index in [2.05, 4.69) is 64.2 Å². The molecular weight excluding hydrogens is 436 g/mol. The second-order valence-corrected chi connectivity index (χ2v) is 8.71. The van der Waals surface area contributed by atoms with E-state index in [0.717, 1.165) is 43.8 Å². The van der Waals surface area contributed by atoms with Crippen molar-refractivity contribution in [3.05, 3.63) is 101 Å². The van der Waals surface area contributed by atoms with Crippen molar-refractivity contribution in [3.63, 3.8) is 0 Å². The summed E-state index contributed by atoms with van der Waals surface area (Å²) in [5.74, 6) is 0.701. The number of benzene rings is 3. The maximum absolute atomic E-state index is 5.98. The summed E-state index contributed by atoms with van der Waals surface area (Å²) < 4.78 is 0. The summed E-state index contributed by atoms with van der Waals surface area (Å²) >= 11 is 7.60. The highest BCUT2D eigenvalue weighted by Gasteiger charge is 2.07. The average molecular weight is 455 g/mol. The summed E-state index contributed by atoms with van der Waals surface area (Å²) in [7, 11) is 0. The molecule has 0 amide bonds. The molecule has 0 aliphatic rings. The number of nitrogens with zero attached hydrogens (tertiary/aromatic N) is 3. The molecule has 4 nitrogen and oxygen atoms in total. The van der Waals surface area contributed by atoms with Crippen LogP contribution in [-0.2, 0) is 0 Å². The Balaban J connectivity index is 1.28. The predicted molar refractivity (Wildman–Crippen MR) is 133 cm³/mol. The van der Waals surface area contributed by atoms with Gasteiger partial charge in [0.2, 0.25) is 0 Å². The van der Waals surface area contributed by atoms with Gasteiger partial charge in [-0.25, -0.2) is 4.98 Å². The number of aromatic nitrogens is 3. The number of aryl methyl sites for hydroxylation is 1. The minimum Gasteiger partial charge on any atom is -0.339 e. The number of halogens is 1. The minimum atomic E-state index is 0.701. The topological polar surface area (TPSA) is 50.7 Å². The molecule has 1 N–H and O–H groups in total. The lowest BCUT2D eigenvalue weighted by Crippen LogP contribution is -1.96. The second-order valence-electron chi connectivity index (χ2n) is 7.42. The number of hydrogen-bond acceptors (Lipinski definition) is 5. The molecule has 2 heterocycles. The lowest BCUT2D eigenvalue weighted by atomic mass is 10.1. The molecule has 0 bridgehead atoms. The van der Waals surface area contributed by atoms with Crippen LogP contribution in [0.4, 0.5) is 11.5 Å². The van der Waals surface area contributed by atoms with Gasteiger partial charge in [0.05, 0.1) is 11.4 Å². The molecule has 0 spiro atoms. The zero-order valence-corrected chi connectivity index (χ0v) is 18.9. The first-order valence-corrected chi connectivity index (χ1v) is 11.4. The monoisotopic (exact) mass is 454 g/mol. The fourth-order valence-corrected chi connectivity index (χ4v) is 4.24. The fourth-order valence-electron chi connectivity index (χ4n) is 3.28. The molecule has 2 aromatic heterocycles. The van der Waals surface area contributed by atoms with E-state index in [0.29, 0.717) is 5.82 Å².